The molecule has 0 spiro atoms. The highest BCUT2D eigenvalue weighted by atomic mass is 15.2. The lowest BCUT2D eigenvalue weighted by atomic mass is 10.1. The smallest absolute Gasteiger partial charge is 0.225 e. The summed E-state index contributed by atoms with van der Waals surface area (Å²) in [6, 6.07) is 16.8. The van der Waals surface area contributed by atoms with Crippen LogP contribution in [0.4, 0.5) is 17.5 Å². The average molecular weight is 346 g/mol. The fourth-order valence-corrected chi connectivity index (χ4v) is 3.10. The fourth-order valence-electron chi connectivity index (χ4n) is 3.10. The Morgan fingerprint density at radius 1 is 0.846 bits per heavy atom. The molecule has 0 aliphatic heterocycles. The van der Waals surface area contributed by atoms with E-state index in [2.05, 4.69) is 79.5 Å². The second-order valence-corrected chi connectivity index (χ2v) is 7.03. The second-order valence-electron chi connectivity index (χ2n) is 7.03. The van der Waals surface area contributed by atoms with Crippen molar-refractivity contribution in [3.8, 4) is 11.3 Å². The van der Waals surface area contributed by atoms with Crippen molar-refractivity contribution in [2.75, 3.05) is 10.6 Å². The Morgan fingerprint density at radius 3 is 2.12 bits per heavy atom. The number of aryl methyl sites for hydroxylation is 3. The zero-order chi connectivity index (χ0) is 18.7. The van der Waals surface area contributed by atoms with Gasteiger partial charge in [0.1, 0.15) is 5.82 Å². The van der Waals surface area contributed by atoms with Crippen molar-refractivity contribution in [3.05, 3.63) is 65.2 Å². The van der Waals surface area contributed by atoms with Gasteiger partial charge >= 0.3 is 0 Å². The second kappa shape index (κ2) is 7.56. The Hall–Kier alpha value is -2.88. The van der Waals surface area contributed by atoms with Gasteiger partial charge in [-0.2, -0.15) is 4.98 Å². The first-order valence-electron chi connectivity index (χ1n) is 8.98. The molecule has 1 heterocycles. The van der Waals surface area contributed by atoms with Crippen LogP contribution in [0.25, 0.3) is 11.3 Å². The van der Waals surface area contributed by atoms with E-state index in [9.17, 15) is 0 Å². The van der Waals surface area contributed by atoms with Crippen molar-refractivity contribution in [3.63, 3.8) is 0 Å². The van der Waals surface area contributed by atoms with E-state index in [4.69, 9.17) is 0 Å². The summed E-state index contributed by atoms with van der Waals surface area (Å²) in [5.74, 6) is 1.42. The maximum atomic E-state index is 4.68. The predicted molar refractivity (Wildman–Crippen MR) is 110 cm³/mol. The minimum Gasteiger partial charge on any atom is -0.352 e. The van der Waals surface area contributed by atoms with Crippen LogP contribution in [0.1, 0.15) is 30.5 Å². The minimum atomic E-state index is 0.261. The van der Waals surface area contributed by atoms with Crippen molar-refractivity contribution < 1.29 is 0 Å². The van der Waals surface area contributed by atoms with Gasteiger partial charge in [-0.05, 0) is 45.7 Å². The predicted octanol–water partition coefficient (Wildman–Crippen LogP) is 5.63. The van der Waals surface area contributed by atoms with Gasteiger partial charge in [-0.15, -0.1) is 0 Å². The summed E-state index contributed by atoms with van der Waals surface area (Å²) in [4.78, 5) is 9.35. The zero-order valence-electron chi connectivity index (χ0n) is 16.1. The lowest BCUT2D eigenvalue weighted by molar-refractivity contribution is 0.876. The summed E-state index contributed by atoms with van der Waals surface area (Å²) in [7, 11) is 0. The first-order chi connectivity index (χ1) is 12.4. The van der Waals surface area contributed by atoms with Gasteiger partial charge in [0.25, 0.3) is 0 Å². The number of rotatable bonds is 5. The fraction of sp³-hybridized carbons (Fsp3) is 0.273. The van der Waals surface area contributed by atoms with Gasteiger partial charge in [0.2, 0.25) is 5.95 Å². The quantitative estimate of drug-likeness (QED) is 0.628. The molecule has 0 aliphatic carbocycles. The molecule has 0 amide bonds. The van der Waals surface area contributed by atoms with Crippen molar-refractivity contribution in [2.45, 2.75) is 40.7 Å². The van der Waals surface area contributed by atoms with E-state index in [-0.39, 0.29) is 6.04 Å². The van der Waals surface area contributed by atoms with E-state index in [1.54, 1.807) is 0 Å². The van der Waals surface area contributed by atoms with Crippen LogP contribution in [0.2, 0.25) is 0 Å². The van der Waals surface area contributed by atoms with Crippen LogP contribution in [-0.4, -0.2) is 16.0 Å². The molecule has 4 nitrogen and oxygen atoms in total. The Kier molecular flexibility index (Phi) is 5.21. The molecule has 0 atom stereocenters. The van der Waals surface area contributed by atoms with Gasteiger partial charge in [-0.1, -0.05) is 48.0 Å². The van der Waals surface area contributed by atoms with Crippen molar-refractivity contribution in [1.29, 1.82) is 0 Å². The molecule has 2 aromatic carbocycles. The average Bonchev–Trinajstić information content (AvgIpc) is 2.58. The minimum absolute atomic E-state index is 0.261. The molecule has 0 saturated heterocycles. The molecule has 0 saturated carbocycles. The Labute approximate surface area is 155 Å². The highest BCUT2D eigenvalue weighted by Crippen LogP contribution is 2.28. The summed E-state index contributed by atoms with van der Waals surface area (Å²) >= 11 is 0. The largest absolute Gasteiger partial charge is 0.352 e. The highest BCUT2D eigenvalue weighted by Gasteiger charge is 2.10. The van der Waals surface area contributed by atoms with Crippen LogP contribution < -0.4 is 10.6 Å². The van der Waals surface area contributed by atoms with Crippen LogP contribution in [-0.2, 0) is 0 Å². The van der Waals surface area contributed by atoms with E-state index in [1.165, 1.54) is 16.7 Å². The number of aromatic nitrogens is 2. The summed E-state index contributed by atoms with van der Waals surface area (Å²) in [6.45, 7) is 10.5. The highest BCUT2D eigenvalue weighted by molar-refractivity contribution is 5.70. The van der Waals surface area contributed by atoms with E-state index in [1.807, 2.05) is 24.3 Å². The molecule has 26 heavy (non-hydrogen) atoms. The third-order valence-corrected chi connectivity index (χ3v) is 4.14. The summed E-state index contributed by atoms with van der Waals surface area (Å²) < 4.78 is 0. The lowest BCUT2D eigenvalue weighted by Gasteiger charge is -2.16. The number of benzene rings is 2. The van der Waals surface area contributed by atoms with Crippen molar-refractivity contribution >= 4 is 17.5 Å². The normalized spacial score (nSPS) is 10.8. The van der Waals surface area contributed by atoms with Crippen molar-refractivity contribution in [1.82, 2.24) is 9.97 Å². The Bertz CT molecular complexity index is 878. The van der Waals surface area contributed by atoms with Crippen LogP contribution in [0.5, 0.6) is 0 Å². The van der Waals surface area contributed by atoms with Crippen LogP contribution in [0.3, 0.4) is 0 Å². The molecule has 0 aliphatic rings. The van der Waals surface area contributed by atoms with E-state index < -0.39 is 0 Å². The molecule has 3 rings (SSSR count). The molecule has 4 heteroatoms. The van der Waals surface area contributed by atoms with E-state index >= 15 is 0 Å². The molecule has 2 N–H and O–H groups in total. The molecular formula is C22H26N4. The molecule has 0 radical (unpaired) electrons. The van der Waals surface area contributed by atoms with Gasteiger partial charge in [0, 0.05) is 23.4 Å². The van der Waals surface area contributed by atoms with Crippen molar-refractivity contribution in [2.24, 2.45) is 0 Å². The zero-order valence-corrected chi connectivity index (χ0v) is 16.1. The summed E-state index contributed by atoms with van der Waals surface area (Å²) in [5.41, 5.74) is 6.75. The van der Waals surface area contributed by atoms with Gasteiger partial charge in [0.15, 0.2) is 0 Å². The van der Waals surface area contributed by atoms with E-state index in [0.717, 1.165) is 22.8 Å². The number of hydrogen-bond acceptors (Lipinski definition) is 4. The summed E-state index contributed by atoms with van der Waals surface area (Å²) in [6.07, 6.45) is 0. The van der Waals surface area contributed by atoms with Crippen LogP contribution in [0.15, 0.2) is 48.5 Å². The molecule has 1 aromatic heterocycles. The standard InChI is InChI=1S/C22H26N4/c1-14(2)23-22-24-19(18-9-7-6-8-10-18)13-20(26-22)25-21-16(4)11-15(3)12-17(21)5/h6-14H,1-5H3,(H2,23,24,25,26). The molecule has 3 aromatic rings. The SMILES string of the molecule is Cc1cc(C)c(Nc2cc(-c3ccccc3)nc(NC(C)C)n2)c(C)c1. The molecule has 0 bridgehead atoms. The Balaban J connectivity index is 2.03. The number of anilines is 3. The third-order valence-electron chi connectivity index (χ3n) is 4.14. The number of hydrogen-bond donors (Lipinski definition) is 2. The van der Waals surface area contributed by atoms with Gasteiger partial charge in [-0.25, -0.2) is 4.98 Å². The Morgan fingerprint density at radius 2 is 1.50 bits per heavy atom. The number of nitrogens with one attached hydrogen (secondary N) is 2. The molecule has 0 unspecified atom stereocenters. The monoisotopic (exact) mass is 346 g/mol. The molecule has 134 valence electrons. The van der Waals surface area contributed by atoms with E-state index in [0.29, 0.717) is 5.95 Å². The summed E-state index contributed by atoms with van der Waals surface area (Å²) in [5, 5.41) is 6.82. The first-order valence-corrected chi connectivity index (χ1v) is 8.98. The van der Waals surface area contributed by atoms with Gasteiger partial charge in [0.05, 0.1) is 5.69 Å². The topological polar surface area (TPSA) is 49.8 Å². The van der Waals surface area contributed by atoms with Crippen LogP contribution >= 0.6 is 0 Å². The lowest BCUT2D eigenvalue weighted by Crippen LogP contribution is -2.13. The molecule has 0 fully saturated rings. The van der Waals surface area contributed by atoms with Gasteiger partial charge in [-0.3, -0.25) is 0 Å². The van der Waals surface area contributed by atoms with Gasteiger partial charge < -0.3 is 10.6 Å². The maximum absolute atomic E-state index is 4.68. The molecular weight excluding hydrogens is 320 g/mol. The van der Waals surface area contributed by atoms with Crippen LogP contribution in [0, 0.1) is 20.8 Å². The third kappa shape index (κ3) is 4.20. The number of nitrogens with zero attached hydrogens (tertiary/aromatic N) is 2. The maximum Gasteiger partial charge on any atom is 0.225 e. The first kappa shape index (κ1) is 17.9.